The molecule has 2 aliphatic heterocycles. The van der Waals surface area contributed by atoms with Crippen LogP contribution in [0.2, 0.25) is 0 Å². The van der Waals surface area contributed by atoms with Crippen molar-refractivity contribution in [3.8, 4) is 5.75 Å². The number of anilines is 3. The molecule has 0 aliphatic carbocycles. The molecule has 0 fully saturated rings. The van der Waals surface area contributed by atoms with E-state index in [1.165, 1.54) is 0 Å². The van der Waals surface area contributed by atoms with E-state index in [1.54, 1.807) is 0 Å². The smallest absolute Gasteiger partial charge is 0.245 e. The summed E-state index contributed by atoms with van der Waals surface area (Å²) in [7, 11) is 0. The third-order valence-electron chi connectivity index (χ3n) is 6.20. The summed E-state index contributed by atoms with van der Waals surface area (Å²) in [5, 5.41) is 3.41. The monoisotopic (exact) mass is 398 g/mol. The van der Waals surface area contributed by atoms with Gasteiger partial charge in [0.05, 0.1) is 0 Å². The molecule has 2 aliphatic rings. The van der Waals surface area contributed by atoms with Gasteiger partial charge in [0.1, 0.15) is 17.8 Å². The molecule has 4 heteroatoms. The summed E-state index contributed by atoms with van der Waals surface area (Å²) in [6.07, 6.45) is 3.28. The summed E-state index contributed by atoms with van der Waals surface area (Å²) in [5.74, 6) is 0.928. The minimum Gasteiger partial charge on any atom is -0.491 e. The van der Waals surface area contributed by atoms with Crippen LogP contribution in [0, 0.1) is 0 Å². The number of amides is 1. The van der Waals surface area contributed by atoms with Crippen molar-refractivity contribution in [3.05, 3.63) is 83.9 Å². The van der Waals surface area contributed by atoms with Gasteiger partial charge in [0.15, 0.2) is 0 Å². The number of para-hydroxylation sites is 2. The first-order valence-electron chi connectivity index (χ1n) is 10.7. The molecule has 1 N–H and O–H groups in total. The lowest BCUT2D eigenvalue weighted by Gasteiger charge is -2.23. The van der Waals surface area contributed by atoms with E-state index in [0.29, 0.717) is 6.61 Å². The third-order valence-corrected chi connectivity index (χ3v) is 6.20. The van der Waals surface area contributed by atoms with Crippen molar-refractivity contribution in [2.45, 2.75) is 31.6 Å². The number of unbranched alkanes of at least 4 members (excludes halogenated alkanes) is 2. The first-order valence-corrected chi connectivity index (χ1v) is 10.7. The number of benzene rings is 3. The summed E-state index contributed by atoms with van der Waals surface area (Å²) < 4.78 is 6.13. The topological polar surface area (TPSA) is 41.6 Å². The van der Waals surface area contributed by atoms with Crippen LogP contribution in [0.25, 0.3) is 0 Å². The van der Waals surface area contributed by atoms with Crippen LogP contribution in [0.4, 0.5) is 17.1 Å². The van der Waals surface area contributed by atoms with Crippen LogP contribution in [-0.4, -0.2) is 19.1 Å². The van der Waals surface area contributed by atoms with Crippen LogP contribution in [0.15, 0.2) is 72.8 Å². The number of rotatable bonds is 6. The first-order chi connectivity index (χ1) is 14.7. The summed E-state index contributed by atoms with van der Waals surface area (Å²) in [5.41, 5.74) is 4.31. The van der Waals surface area contributed by atoms with E-state index in [1.807, 2.05) is 59.5 Å². The Labute approximate surface area is 177 Å². The van der Waals surface area contributed by atoms with Crippen molar-refractivity contribution in [1.82, 2.24) is 0 Å². The Morgan fingerprint density at radius 3 is 2.57 bits per heavy atom. The number of hydrogen-bond donors (Lipinski definition) is 1. The Morgan fingerprint density at radius 1 is 0.933 bits per heavy atom. The third kappa shape index (κ3) is 2.86. The van der Waals surface area contributed by atoms with Gasteiger partial charge in [0.2, 0.25) is 5.91 Å². The molecule has 3 aromatic carbocycles. The molecule has 1 atom stereocenters. The Kier molecular flexibility index (Phi) is 4.70. The van der Waals surface area contributed by atoms with Gasteiger partial charge in [-0.2, -0.15) is 0 Å². The molecular weight excluding hydrogens is 372 g/mol. The summed E-state index contributed by atoms with van der Waals surface area (Å²) >= 11 is 0. The van der Waals surface area contributed by atoms with Crippen molar-refractivity contribution in [2.24, 2.45) is 0 Å². The Morgan fingerprint density at radius 2 is 1.73 bits per heavy atom. The molecule has 1 spiro atoms. The van der Waals surface area contributed by atoms with E-state index in [4.69, 9.17) is 4.74 Å². The quantitative estimate of drug-likeness (QED) is 0.546. The normalized spacial score (nSPS) is 19.0. The molecule has 1 amide bonds. The average molecular weight is 399 g/mol. The SMILES string of the molecule is CCCCCN1C(=O)C2(COc3cc(Nc4ccccc4)ccc32)c2ccccc21. The summed E-state index contributed by atoms with van der Waals surface area (Å²) in [6, 6.07) is 24.3. The lowest BCUT2D eigenvalue weighted by Crippen LogP contribution is -2.42. The highest BCUT2D eigenvalue weighted by Gasteiger charge is 2.56. The van der Waals surface area contributed by atoms with Crippen LogP contribution in [0.5, 0.6) is 5.75 Å². The molecule has 0 aromatic heterocycles. The highest BCUT2D eigenvalue weighted by Crippen LogP contribution is 2.52. The standard InChI is InChI=1S/C26H26N2O2/c1-2-3-9-16-28-23-13-8-7-12-21(23)26(25(28)29)18-30-24-17-20(14-15-22(24)26)27-19-10-5-4-6-11-19/h4-8,10-15,17,27H,2-3,9,16,18H2,1H3. The molecule has 0 radical (unpaired) electrons. The van der Waals surface area contributed by atoms with Crippen LogP contribution in [0.1, 0.15) is 37.3 Å². The molecule has 3 aromatic rings. The minimum absolute atomic E-state index is 0.141. The van der Waals surface area contributed by atoms with E-state index >= 15 is 0 Å². The second-order valence-electron chi connectivity index (χ2n) is 8.08. The predicted octanol–water partition coefficient (Wildman–Crippen LogP) is 5.65. The number of carbonyl (C=O) groups excluding carboxylic acids is 1. The second-order valence-corrected chi connectivity index (χ2v) is 8.08. The highest BCUT2D eigenvalue weighted by molar-refractivity contribution is 6.11. The lowest BCUT2D eigenvalue weighted by atomic mass is 9.77. The maximum Gasteiger partial charge on any atom is 0.245 e. The zero-order chi connectivity index (χ0) is 20.6. The van der Waals surface area contributed by atoms with E-state index in [2.05, 4.69) is 30.4 Å². The number of hydrogen-bond acceptors (Lipinski definition) is 3. The predicted molar refractivity (Wildman–Crippen MR) is 121 cm³/mol. The fourth-order valence-electron chi connectivity index (χ4n) is 4.69. The van der Waals surface area contributed by atoms with Gasteiger partial charge in [-0.1, -0.05) is 62.2 Å². The minimum atomic E-state index is -0.733. The van der Waals surface area contributed by atoms with E-state index in [-0.39, 0.29) is 5.91 Å². The van der Waals surface area contributed by atoms with E-state index in [0.717, 1.165) is 59.7 Å². The molecule has 2 heterocycles. The van der Waals surface area contributed by atoms with E-state index < -0.39 is 5.41 Å². The van der Waals surface area contributed by atoms with E-state index in [9.17, 15) is 4.79 Å². The molecule has 0 bridgehead atoms. The molecular formula is C26H26N2O2. The van der Waals surface area contributed by atoms with Crippen molar-refractivity contribution < 1.29 is 9.53 Å². The van der Waals surface area contributed by atoms with Crippen LogP contribution < -0.4 is 15.0 Å². The Hall–Kier alpha value is -3.27. The summed E-state index contributed by atoms with van der Waals surface area (Å²) in [4.78, 5) is 15.7. The second kappa shape index (κ2) is 7.52. The zero-order valence-corrected chi connectivity index (χ0v) is 17.2. The van der Waals surface area contributed by atoms with Crippen molar-refractivity contribution in [2.75, 3.05) is 23.4 Å². The fourth-order valence-corrected chi connectivity index (χ4v) is 4.69. The van der Waals surface area contributed by atoms with Crippen molar-refractivity contribution in [3.63, 3.8) is 0 Å². The fraction of sp³-hybridized carbons (Fsp3) is 0.269. The molecule has 5 rings (SSSR count). The number of nitrogens with zero attached hydrogens (tertiary/aromatic N) is 1. The van der Waals surface area contributed by atoms with Crippen molar-refractivity contribution in [1.29, 1.82) is 0 Å². The molecule has 0 saturated carbocycles. The lowest BCUT2D eigenvalue weighted by molar-refractivity contribution is -0.122. The van der Waals surface area contributed by atoms with Gasteiger partial charge in [0.25, 0.3) is 0 Å². The highest BCUT2D eigenvalue weighted by atomic mass is 16.5. The zero-order valence-electron chi connectivity index (χ0n) is 17.2. The molecule has 30 heavy (non-hydrogen) atoms. The maximum atomic E-state index is 13.7. The van der Waals surface area contributed by atoms with Gasteiger partial charge in [-0.25, -0.2) is 0 Å². The molecule has 1 unspecified atom stereocenters. The Bertz CT molecular complexity index is 1080. The van der Waals surface area contributed by atoms with Gasteiger partial charge < -0.3 is 15.0 Å². The molecule has 152 valence electrons. The number of fused-ring (bicyclic) bond motifs is 4. The molecule has 4 nitrogen and oxygen atoms in total. The average Bonchev–Trinajstić information content (AvgIpc) is 3.27. The largest absolute Gasteiger partial charge is 0.491 e. The van der Waals surface area contributed by atoms with Gasteiger partial charge in [-0.15, -0.1) is 0 Å². The van der Waals surface area contributed by atoms with Gasteiger partial charge >= 0.3 is 0 Å². The number of ether oxygens (including phenoxy) is 1. The summed E-state index contributed by atoms with van der Waals surface area (Å²) in [6.45, 7) is 3.30. The Balaban J connectivity index is 1.51. The first kappa shape index (κ1) is 18.7. The van der Waals surface area contributed by atoms with Crippen LogP contribution in [-0.2, 0) is 10.2 Å². The maximum absolute atomic E-state index is 13.7. The number of nitrogens with one attached hydrogen (secondary N) is 1. The van der Waals surface area contributed by atoms with Crippen LogP contribution in [0.3, 0.4) is 0 Å². The van der Waals surface area contributed by atoms with Crippen molar-refractivity contribution >= 4 is 23.0 Å². The van der Waals surface area contributed by atoms with Gasteiger partial charge in [0, 0.05) is 35.2 Å². The molecule has 0 saturated heterocycles. The number of carbonyl (C=O) groups is 1. The van der Waals surface area contributed by atoms with Crippen LogP contribution >= 0.6 is 0 Å². The van der Waals surface area contributed by atoms with Gasteiger partial charge in [-0.05, 0) is 36.2 Å². The van der Waals surface area contributed by atoms with Gasteiger partial charge in [-0.3, -0.25) is 4.79 Å².